The molecule has 94 valence electrons. The lowest BCUT2D eigenvalue weighted by Gasteiger charge is -2.27. The lowest BCUT2D eigenvalue weighted by molar-refractivity contribution is 0.602. The second-order valence-corrected chi connectivity index (χ2v) is 5.52. The SMILES string of the molecule is Cc1cc(C)cc(C(C)(N)c2ccc(Cl)cc2)c1. The van der Waals surface area contributed by atoms with E-state index in [-0.39, 0.29) is 0 Å². The molecule has 0 saturated heterocycles. The predicted octanol–water partition coefficient (Wildman–Crippen LogP) is 4.18. The zero-order chi connectivity index (χ0) is 13.3. The van der Waals surface area contributed by atoms with Crippen molar-refractivity contribution in [1.29, 1.82) is 0 Å². The van der Waals surface area contributed by atoms with Gasteiger partial charge in [0.2, 0.25) is 0 Å². The van der Waals surface area contributed by atoms with E-state index in [2.05, 4.69) is 32.0 Å². The normalized spacial score (nSPS) is 14.3. The van der Waals surface area contributed by atoms with Gasteiger partial charge in [-0.05, 0) is 44.0 Å². The molecule has 0 heterocycles. The van der Waals surface area contributed by atoms with Gasteiger partial charge in [0.15, 0.2) is 0 Å². The molecule has 18 heavy (non-hydrogen) atoms. The van der Waals surface area contributed by atoms with Crippen molar-refractivity contribution in [3.8, 4) is 0 Å². The molecule has 2 N–H and O–H groups in total. The summed E-state index contributed by atoms with van der Waals surface area (Å²) in [5.41, 5.74) is 10.7. The molecule has 0 aliphatic heterocycles. The summed E-state index contributed by atoms with van der Waals surface area (Å²) in [6.45, 7) is 6.22. The Morgan fingerprint density at radius 1 is 0.889 bits per heavy atom. The summed E-state index contributed by atoms with van der Waals surface area (Å²) >= 11 is 5.92. The number of aryl methyl sites for hydroxylation is 2. The van der Waals surface area contributed by atoms with Gasteiger partial charge in [0, 0.05) is 5.02 Å². The fourth-order valence-electron chi connectivity index (χ4n) is 2.24. The van der Waals surface area contributed by atoms with E-state index in [1.807, 2.05) is 31.2 Å². The molecule has 0 radical (unpaired) electrons. The number of hydrogen-bond acceptors (Lipinski definition) is 1. The topological polar surface area (TPSA) is 26.0 Å². The third-order valence-electron chi connectivity index (χ3n) is 3.27. The smallest absolute Gasteiger partial charge is 0.0637 e. The van der Waals surface area contributed by atoms with Crippen LogP contribution in [0.3, 0.4) is 0 Å². The summed E-state index contributed by atoms with van der Waals surface area (Å²) in [6, 6.07) is 14.2. The summed E-state index contributed by atoms with van der Waals surface area (Å²) in [4.78, 5) is 0. The van der Waals surface area contributed by atoms with Gasteiger partial charge in [-0.1, -0.05) is 53.1 Å². The van der Waals surface area contributed by atoms with Crippen LogP contribution in [0, 0.1) is 13.8 Å². The first-order chi connectivity index (χ1) is 8.39. The van der Waals surface area contributed by atoms with E-state index >= 15 is 0 Å². The Morgan fingerprint density at radius 3 is 1.89 bits per heavy atom. The number of nitrogens with two attached hydrogens (primary N) is 1. The molecule has 1 nitrogen and oxygen atoms in total. The second-order valence-electron chi connectivity index (χ2n) is 5.09. The van der Waals surface area contributed by atoms with Gasteiger partial charge >= 0.3 is 0 Å². The van der Waals surface area contributed by atoms with E-state index in [1.165, 1.54) is 11.1 Å². The first-order valence-electron chi connectivity index (χ1n) is 6.03. The van der Waals surface area contributed by atoms with Crippen molar-refractivity contribution in [3.63, 3.8) is 0 Å². The monoisotopic (exact) mass is 259 g/mol. The third kappa shape index (κ3) is 2.58. The van der Waals surface area contributed by atoms with Crippen LogP contribution >= 0.6 is 11.6 Å². The highest BCUT2D eigenvalue weighted by molar-refractivity contribution is 6.30. The minimum absolute atomic E-state index is 0.499. The zero-order valence-corrected chi connectivity index (χ0v) is 11.8. The molecule has 0 amide bonds. The summed E-state index contributed by atoms with van der Waals surface area (Å²) in [5, 5.41) is 0.731. The molecular weight excluding hydrogens is 242 g/mol. The summed E-state index contributed by atoms with van der Waals surface area (Å²) < 4.78 is 0. The highest BCUT2D eigenvalue weighted by Gasteiger charge is 2.23. The van der Waals surface area contributed by atoms with E-state index in [0.29, 0.717) is 0 Å². The average Bonchev–Trinajstić information content (AvgIpc) is 2.28. The van der Waals surface area contributed by atoms with Gasteiger partial charge in [-0.3, -0.25) is 0 Å². The zero-order valence-electron chi connectivity index (χ0n) is 11.0. The van der Waals surface area contributed by atoms with Crippen molar-refractivity contribution in [2.45, 2.75) is 26.3 Å². The Morgan fingerprint density at radius 2 is 1.39 bits per heavy atom. The molecule has 0 fully saturated rings. The standard InChI is InChI=1S/C16H18ClN/c1-11-8-12(2)10-14(9-11)16(3,18)13-4-6-15(17)7-5-13/h4-10H,18H2,1-3H3. The van der Waals surface area contributed by atoms with Crippen LogP contribution in [-0.2, 0) is 5.54 Å². The van der Waals surface area contributed by atoms with E-state index in [1.54, 1.807) is 0 Å². The first kappa shape index (κ1) is 13.1. The summed E-state index contributed by atoms with van der Waals surface area (Å²) in [6.07, 6.45) is 0. The Labute approximate surface area is 114 Å². The van der Waals surface area contributed by atoms with E-state index < -0.39 is 5.54 Å². The van der Waals surface area contributed by atoms with Gasteiger partial charge in [0.1, 0.15) is 0 Å². The maximum atomic E-state index is 6.50. The lowest BCUT2D eigenvalue weighted by atomic mass is 9.84. The van der Waals surface area contributed by atoms with Gasteiger partial charge < -0.3 is 5.73 Å². The molecular formula is C16H18ClN. The molecule has 2 rings (SSSR count). The van der Waals surface area contributed by atoms with Crippen LogP contribution in [0.15, 0.2) is 42.5 Å². The van der Waals surface area contributed by atoms with Crippen molar-refractivity contribution in [1.82, 2.24) is 0 Å². The molecule has 2 aromatic carbocycles. The molecule has 0 bridgehead atoms. The minimum Gasteiger partial charge on any atom is -0.318 e. The second kappa shape index (κ2) is 4.75. The Bertz CT molecular complexity index is 536. The van der Waals surface area contributed by atoms with Crippen molar-refractivity contribution in [2.75, 3.05) is 0 Å². The molecule has 1 atom stereocenters. The van der Waals surface area contributed by atoms with Gasteiger partial charge in [0.05, 0.1) is 5.54 Å². The lowest BCUT2D eigenvalue weighted by Crippen LogP contribution is -2.34. The van der Waals surface area contributed by atoms with Crippen LogP contribution in [0.5, 0.6) is 0 Å². The van der Waals surface area contributed by atoms with Gasteiger partial charge in [-0.2, -0.15) is 0 Å². The molecule has 0 spiro atoms. The molecule has 0 aromatic heterocycles. The van der Waals surface area contributed by atoms with E-state index in [9.17, 15) is 0 Å². The number of benzene rings is 2. The number of halogens is 1. The van der Waals surface area contributed by atoms with Crippen LogP contribution in [0.2, 0.25) is 5.02 Å². The number of hydrogen-bond donors (Lipinski definition) is 1. The predicted molar refractivity (Wildman–Crippen MR) is 78.0 cm³/mol. The van der Waals surface area contributed by atoms with E-state index in [0.717, 1.165) is 16.1 Å². The van der Waals surface area contributed by atoms with Crippen LogP contribution in [0.1, 0.15) is 29.2 Å². The van der Waals surface area contributed by atoms with Crippen LogP contribution in [0.4, 0.5) is 0 Å². The quantitative estimate of drug-likeness (QED) is 0.860. The Kier molecular flexibility index (Phi) is 3.47. The van der Waals surface area contributed by atoms with Crippen LogP contribution in [0.25, 0.3) is 0 Å². The molecule has 0 aliphatic rings. The molecule has 0 aliphatic carbocycles. The highest BCUT2D eigenvalue weighted by Crippen LogP contribution is 2.28. The van der Waals surface area contributed by atoms with Crippen molar-refractivity contribution in [3.05, 3.63) is 69.7 Å². The molecule has 2 aromatic rings. The largest absolute Gasteiger partial charge is 0.318 e. The van der Waals surface area contributed by atoms with Crippen LogP contribution < -0.4 is 5.73 Å². The Hall–Kier alpha value is -1.31. The van der Waals surface area contributed by atoms with Gasteiger partial charge in [-0.15, -0.1) is 0 Å². The molecule has 1 unspecified atom stereocenters. The maximum absolute atomic E-state index is 6.50. The van der Waals surface area contributed by atoms with E-state index in [4.69, 9.17) is 17.3 Å². The third-order valence-corrected chi connectivity index (χ3v) is 3.52. The summed E-state index contributed by atoms with van der Waals surface area (Å²) in [5.74, 6) is 0. The highest BCUT2D eigenvalue weighted by atomic mass is 35.5. The fraction of sp³-hybridized carbons (Fsp3) is 0.250. The first-order valence-corrected chi connectivity index (χ1v) is 6.41. The molecule has 2 heteroatoms. The minimum atomic E-state index is -0.499. The molecule has 0 saturated carbocycles. The van der Waals surface area contributed by atoms with Crippen molar-refractivity contribution in [2.24, 2.45) is 5.73 Å². The van der Waals surface area contributed by atoms with Crippen LogP contribution in [-0.4, -0.2) is 0 Å². The Balaban J connectivity index is 2.49. The van der Waals surface area contributed by atoms with Crippen molar-refractivity contribution < 1.29 is 0 Å². The average molecular weight is 260 g/mol. The fourth-order valence-corrected chi connectivity index (χ4v) is 2.36. The summed E-state index contributed by atoms with van der Waals surface area (Å²) in [7, 11) is 0. The van der Waals surface area contributed by atoms with Crippen molar-refractivity contribution >= 4 is 11.6 Å². The van der Waals surface area contributed by atoms with Gasteiger partial charge in [0.25, 0.3) is 0 Å². The number of rotatable bonds is 2. The van der Waals surface area contributed by atoms with Gasteiger partial charge in [-0.25, -0.2) is 0 Å². The maximum Gasteiger partial charge on any atom is 0.0637 e.